The molecule has 1 aliphatic rings. The summed E-state index contributed by atoms with van der Waals surface area (Å²) in [6.45, 7) is 4.18. The van der Waals surface area contributed by atoms with Crippen LogP contribution in [0.25, 0.3) is 6.08 Å². The van der Waals surface area contributed by atoms with Gasteiger partial charge in [0.25, 0.3) is 5.91 Å². The fourth-order valence-electron chi connectivity index (χ4n) is 2.98. The van der Waals surface area contributed by atoms with Gasteiger partial charge in [0.05, 0.1) is 0 Å². The average molecular weight is 424 g/mol. The van der Waals surface area contributed by atoms with Crippen LogP contribution in [-0.4, -0.2) is 55.1 Å². The number of piperazine rings is 1. The lowest BCUT2D eigenvalue weighted by Crippen LogP contribution is -2.50. The smallest absolute Gasteiger partial charge is 0.253 e. The SMILES string of the molecule is C[B]c1ccc(C(=O)N2CCN(C(=O)/C=C/c3ccc(Br)cc3)CC2)cc1. The zero-order valence-corrected chi connectivity index (χ0v) is 16.9. The minimum Gasteiger partial charge on any atom is -0.336 e. The summed E-state index contributed by atoms with van der Waals surface area (Å²) in [7, 11) is 2.00. The van der Waals surface area contributed by atoms with Gasteiger partial charge in [0.1, 0.15) is 7.28 Å². The largest absolute Gasteiger partial charge is 0.336 e. The molecule has 1 saturated heterocycles. The molecule has 0 N–H and O–H groups in total. The molecule has 1 heterocycles. The number of rotatable bonds is 4. The highest BCUT2D eigenvalue weighted by Crippen LogP contribution is 2.12. The van der Waals surface area contributed by atoms with E-state index in [-0.39, 0.29) is 11.8 Å². The van der Waals surface area contributed by atoms with Crippen LogP contribution >= 0.6 is 15.9 Å². The van der Waals surface area contributed by atoms with Gasteiger partial charge in [-0.2, -0.15) is 0 Å². The number of benzene rings is 2. The summed E-state index contributed by atoms with van der Waals surface area (Å²) in [5, 5.41) is 0. The first-order valence-electron chi connectivity index (χ1n) is 8.98. The Bertz CT molecular complexity index is 826. The average Bonchev–Trinajstić information content (AvgIpc) is 2.73. The van der Waals surface area contributed by atoms with Gasteiger partial charge >= 0.3 is 0 Å². The molecule has 0 bridgehead atoms. The number of halogens is 1. The topological polar surface area (TPSA) is 40.6 Å². The molecule has 1 fully saturated rings. The second kappa shape index (κ2) is 9.04. The van der Waals surface area contributed by atoms with Crippen molar-refractivity contribution in [2.45, 2.75) is 6.82 Å². The second-order valence-corrected chi connectivity index (χ2v) is 7.33. The van der Waals surface area contributed by atoms with Gasteiger partial charge in [-0.15, -0.1) is 0 Å². The van der Waals surface area contributed by atoms with E-state index >= 15 is 0 Å². The Morgan fingerprint density at radius 1 is 0.926 bits per heavy atom. The lowest BCUT2D eigenvalue weighted by molar-refractivity contribution is -0.127. The molecule has 6 heteroatoms. The monoisotopic (exact) mass is 423 g/mol. The standard InChI is InChI=1S/C21H21BBrN2O2/c1-22-18-7-5-17(6-8-18)21(27)25-14-12-24(13-15-25)20(26)11-4-16-2-9-19(23)10-3-16/h2-11H,12-15H2,1H3/b11-4+. The van der Waals surface area contributed by atoms with Gasteiger partial charge in [-0.25, -0.2) is 0 Å². The van der Waals surface area contributed by atoms with Gasteiger partial charge in [-0.05, 0) is 23.8 Å². The Balaban J connectivity index is 1.53. The molecule has 2 amide bonds. The Morgan fingerprint density at radius 3 is 2.11 bits per heavy atom. The summed E-state index contributed by atoms with van der Waals surface area (Å²) in [5.74, 6) is 0.00279. The zero-order valence-electron chi connectivity index (χ0n) is 15.3. The van der Waals surface area contributed by atoms with Crippen molar-refractivity contribution in [1.82, 2.24) is 9.80 Å². The minimum absolute atomic E-state index is 0.0205. The number of carbonyl (C=O) groups excluding carboxylic acids is 2. The molecule has 1 aliphatic heterocycles. The van der Waals surface area contributed by atoms with Crippen molar-refractivity contribution in [2.75, 3.05) is 26.2 Å². The highest BCUT2D eigenvalue weighted by atomic mass is 79.9. The molecule has 4 nitrogen and oxygen atoms in total. The molecule has 1 radical (unpaired) electrons. The Morgan fingerprint density at radius 2 is 1.52 bits per heavy atom. The van der Waals surface area contributed by atoms with Crippen LogP contribution in [0.3, 0.4) is 0 Å². The quantitative estimate of drug-likeness (QED) is 0.560. The lowest BCUT2D eigenvalue weighted by Gasteiger charge is -2.34. The predicted octanol–water partition coefficient (Wildman–Crippen LogP) is 2.82. The van der Waals surface area contributed by atoms with Crippen LogP contribution < -0.4 is 5.46 Å². The lowest BCUT2D eigenvalue weighted by atomic mass is 9.73. The van der Waals surface area contributed by atoms with Crippen molar-refractivity contribution in [1.29, 1.82) is 0 Å². The Hall–Kier alpha value is -2.34. The molecule has 0 unspecified atom stereocenters. The molecule has 0 spiro atoms. The number of nitrogens with zero attached hydrogens (tertiary/aromatic N) is 2. The van der Waals surface area contributed by atoms with Crippen LogP contribution in [0.5, 0.6) is 0 Å². The minimum atomic E-state index is -0.0205. The second-order valence-electron chi connectivity index (χ2n) is 6.41. The number of amides is 2. The van der Waals surface area contributed by atoms with Gasteiger partial charge in [-0.1, -0.05) is 64.6 Å². The summed E-state index contributed by atoms with van der Waals surface area (Å²) < 4.78 is 1.01. The maximum Gasteiger partial charge on any atom is 0.253 e. The van der Waals surface area contributed by atoms with E-state index in [9.17, 15) is 9.59 Å². The first-order valence-corrected chi connectivity index (χ1v) is 9.77. The van der Waals surface area contributed by atoms with Crippen molar-refractivity contribution < 1.29 is 9.59 Å². The maximum atomic E-state index is 12.6. The summed E-state index contributed by atoms with van der Waals surface area (Å²) >= 11 is 3.40. The van der Waals surface area contributed by atoms with Crippen molar-refractivity contribution in [3.8, 4) is 0 Å². The van der Waals surface area contributed by atoms with E-state index in [0.717, 1.165) is 15.5 Å². The highest BCUT2D eigenvalue weighted by molar-refractivity contribution is 9.10. The number of carbonyl (C=O) groups is 2. The van der Waals surface area contributed by atoms with Gasteiger partial charge in [-0.3, -0.25) is 9.59 Å². The highest BCUT2D eigenvalue weighted by Gasteiger charge is 2.23. The fourth-order valence-corrected chi connectivity index (χ4v) is 3.24. The van der Waals surface area contributed by atoms with Gasteiger partial charge in [0.15, 0.2) is 0 Å². The van der Waals surface area contributed by atoms with Crippen LogP contribution in [0.15, 0.2) is 59.1 Å². The normalized spacial score (nSPS) is 14.4. The molecule has 0 aromatic heterocycles. The number of hydrogen-bond donors (Lipinski definition) is 0. The van der Waals surface area contributed by atoms with Crippen LogP contribution in [0.2, 0.25) is 6.82 Å². The van der Waals surface area contributed by atoms with Crippen molar-refractivity contribution in [3.63, 3.8) is 0 Å². The van der Waals surface area contributed by atoms with Crippen LogP contribution in [0, 0.1) is 0 Å². The predicted molar refractivity (Wildman–Crippen MR) is 113 cm³/mol. The van der Waals surface area contributed by atoms with Gasteiger partial charge < -0.3 is 9.80 Å². The summed E-state index contributed by atoms with van der Waals surface area (Å²) in [6, 6.07) is 15.4. The van der Waals surface area contributed by atoms with Gasteiger partial charge in [0, 0.05) is 42.3 Å². The molecule has 0 saturated carbocycles. The van der Waals surface area contributed by atoms with E-state index in [0.29, 0.717) is 31.7 Å². The maximum absolute atomic E-state index is 12.6. The summed E-state index contributed by atoms with van der Waals surface area (Å²) in [5.41, 5.74) is 2.77. The first kappa shape index (κ1) is 19.4. The Kier molecular flexibility index (Phi) is 6.51. The molecule has 3 rings (SSSR count). The van der Waals surface area contributed by atoms with Crippen LogP contribution in [-0.2, 0) is 4.79 Å². The van der Waals surface area contributed by atoms with Crippen molar-refractivity contribution in [2.24, 2.45) is 0 Å². The third kappa shape index (κ3) is 5.10. The molecule has 0 aliphatic carbocycles. The molecule has 137 valence electrons. The Labute approximate surface area is 169 Å². The third-order valence-corrected chi connectivity index (χ3v) is 5.19. The zero-order chi connectivity index (χ0) is 19.2. The van der Waals surface area contributed by atoms with Crippen molar-refractivity contribution >= 4 is 46.6 Å². The van der Waals surface area contributed by atoms with E-state index in [1.54, 1.807) is 11.0 Å². The number of hydrogen-bond acceptors (Lipinski definition) is 2. The van der Waals surface area contributed by atoms with E-state index in [2.05, 4.69) is 15.9 Å². The summed E-state index contributed by atoms with van der Waals surface area (Å²) in [4.78, 5) is 28.6. The fraction of sp³-hybridized carbons (Fsp3) is 0.238. The molecular formula is C21H21BBrN2O2. The molecule has 27 heavy (non-hydrogen) atoms. The molecule has 0 atom stereocenters. The van der Waals surface area contributed by atoms with E-state index in [1.807, 2.05) is 73.6 Å². The first-order chi connectivity index (χ1) is 13.1. The molecule has 2 aromatic rings. The van der Waals surface area contributed by atoms with E-state index < -0.39 is 0 Å². The van der Waals surface area contributed by atoms with Crippen LogP contribution in [0.1, 0.15) is 15.9 Å². The third-order valence-electron chi connectivity index (χ3n) is 4.66. The summed E-state index contributed by atoms with van der Waals surface area (Å²) in [6.07, 6.45) is 3.42. The van der Waals surface area contributed by atoms with E-state index in [1.165, 1.54) is 0 Å². The van der Waals surface area contributed by atoms with Crippen LogP contribution in [0.4, 0.5) is 0 Å². The van der Waals surface area contributed by atoms with Gasteiger partial charge in [0.2, 0.25) is 5.91 Å². The molecule has 2 aromatic carbocycles. The molecular weight excluding hydrogens is 403 g/mol. The van der Waals surface area contributed by atoms with E-state index in [4.69, 9.17) is 0 Å². The van der Waals surface area contributed by atoms with Crippen molar-refractivity contribution in [3.05, 3.63) is 70.2 Å².